The van der Waals surface area contributed by atoms with Crippen molar-refractivity contribution in [2.24, 2.45) is 0 Å². The summed E-state index contributed by atoms with van der Waals surface area (Å²) in [4.78, 5) is 14.2. The molecule has 0 aromatic heterocycles. The quantitative estimate of drug-likeness (QED) is 0.431. The zero-order chi connectivity index (χ0) is 20.2. The van der Waals surface area contributed by atoms with Crippen molar-refractivity contribution in [3.63, 3.8) is 0 Å². The molecule has 0 N–H and O–H groups in total. The highest BCUT2D eigenvalue weighted by Crippen LogP contribution is 2.39. The standard InChI is InChI=1S/C19H19N3O4S2/c1-12-7-13(2)9-16(8-12)21-18-11-28(25,26)10-17(18)20(19(21)27)14-3-5-15(6-4-14)22(23)24/h3-9,17-18H,10-11H2,1-2H3/t17-,18-/m0/s1. The van der Waals surface area contributed by atoms with Crippen LogP contribution < -0.4 is 9.80 Å². The van der Waals surface area contributed by atoms with Crippen molar-refractivity contribution in [3.05, 3.63) is 63.7 Å². The highest BCUT2D eigenvalue weighted by Gasteiger charge is 2.52. The predicted octanol–water partition coefficient (Wildman–Crippen LogP) is 2.99. The van der Waals surface area contributed by atoms with Crippen LogP contribution in [0.2, 0.25) is 0 Å². The van der Waals surface area contributed by atoms with Gasteiger partial charge in [0, 0.05) is 23.5 Å². The zero-order valence-electron chi connectivity index (χ0n) is 15.4. The fraction of sp³-hybridized carbons (Fsp3) is 0.316. The van der Waals surface area contributed by atoms with Crippen molar-refractivity contribution in [1.82, 2.24) is 0 Å². The summed E-state index contributed by atoms with van der Waals surface area (Å²) in [5.74, 6) is 0.0460. The maximum Gasteiger partial charge on any atom is 0.269 e. The number of sulfone groups is 1. The third-order valence-corrected chi connectivity index (χ3v) is 7.28. The van der Waals surface area contributed by atoms with Crippen molar-refractivity contribution < 1.29 is 13.3 Å². The molecular formula is C19H19N3O4S2. The summed E-state index contributed by atoms with van der Waals surface area (Å²) in [6.45, 7) is 3.99. The second-order valence-electron chi connectivity index (χ2n) is 7.35. The molecule has 0 spiro atoms. The number of anilines is 2. The average Bonchev–Trinajstić information content (AvgIpc) is 3.02. The smallest absolute Gasteiger partial charge is 0.269 e. The first-order valence-electron chi connectivity index (χ1n) is 8.82. The minimum atomic E-state index is -3.20. The Labute approximate surface area is 168 Å². The monoisotopic (exact) mass is 417 g/mol. The number of aryl methyl sites for hydroxylation is 2. The first kappa shape index (κ1) is 18.8. The Bertz CT molecular complexity index is 1060. The fourth-order valence-electron chi connectivity index (χ4n) is 4.13. The molecule has 4 rings (SSSR count). The topological polar surface area (TPSA) is 83.8 Å². The van der Waals surface area contributed by atoms with E-state index in [2.05, 4.69) is 6.07 Å². The highest BCUT2D eigenvalue weighted by atomic mass is 32.2. The van der Waals surface area contributed by atoms with Crippen LogP contribution in [0.4, 0.5) is 17.1 Å². The van der Waals surface area contributed by atoms with Crippen molar-refractivity contribution in [3.8, 4) is 0 Å². The third-order valence-electron chi connectivity index (χ3n) is 5.19. The van der Waals surface area contributed by atoms with E-state index in [4.69, 9.17) is 12.2 Å². The molecule has 2 atom stereocenters. The van der Waals surface area contributed by atoms with Crippen LogP contribution in [-0.2, 0) is 9.84 Å². The van der Waals surface area contributed by atoms with Gasteiger partial charge in [-0.1, -0.05) is 6.07 Å². The summed E-state index contributed by atoms with van der Waals surface area (Å²) in [7, 11) is -3.20. The van der Waals surface area contributed by atoms with Gasteiger partial charge in [-0.3, -0.25) is 10.1 Å². The number of benzene rings is 2. The van der Waals surface area contributed by atoms with Gasteiger partial charge < -0.3 is 9.80 Å². The van der Waals surface area contributed by atoms with E-state index in [1.807, 2.05) is 35.8 Å². The van der Waals surface area contributed by atoms with Crippen LogP contribution in [0.5, 0.6) is 0 Å². The minimum Gasteiger partial charge on any atom is -0.312 e. The summed E-state index contributed by atoms with van der Waals surface area (Å²) >= 11 is 5.75. The van der Waals surface area contributed by atoms with Gasteiger partial charge in [0.2, 0.25) is 0 Å². The van der Waals surface area contributed by atoms with Crippen LogP contribution in [0.25, 0.3) is 0 Å². The summed E-state index contributed by atoms with van der Waals surface area (Å²) in [6, 6.07) is 11.5. The third kappa shape index (κ3) is 3.14. The lowest BCUT2D eigenvalue weighted by atomic mass is 10.1. The molecule has 146 valence electrons. The van der Waals surface area contributed by atoms with Gasteiger partial charge in [0.05, 0.1) is 28.5 Å². The highest BCUT2D eigenvalue weighted by molar-refractivity contribution is 7.91. The molecule has 2 aromatic rings. The Balaban J connectivity index is 1.79. The largest absolute Gasteiger partial charge is 0.312 e. The molecule has 0 amide bonds. The number of nitro benzene ring substituents is 1. The lowest BCUT2D eigenvalue weighted by molar-refractivity contribution is -0.384. The number of fused-ring (bicyclic) bond motifs is 1. The lowest BCUT2D eigenvalue weighted by Gasteiger charge is -2.26. The van der Waals surface area contributed by atoms with Crippen molar-refractivity contribution in [2.75, 3.05) is 21.3 Å². The molecule has 2 heterocycles. The molecule has 2 fully saturated rings. The van der Waals surface area contributed by atoms with E-state index < -0.39 is 14.8 Å². The van der Waals surface area contributed by atoms with E-state index >= 15 is 0 Å². The number of hydrogen-bond acceptors (Lipinski definition) is 5. The molecule has 7 nitrogen and oxygen atoms in total. The van der Waals surface area contributed by atoms with Gasteiger partial charge >= 0.3 is 0 Å². The predicted molar refractivity (Wildman–Crippen MR) is 113 cm³/mol. The van der Waals surface area contributed by atoms with E-state index in [-0.39, 0.29) is 29.3 Å². The van der Waals surface area contributed by atoms with Crippen LogP contribution in [-0.4, -0.2) is 42.0 Å². The van der Waals surface area contributed by atoms with Gasteiger partial charge in [-0.05, 0) is 61.5 Å². The summed E-state index contributed by atoms with van der Waals surface area (Å²) < 4.78 is 24.8. The Hall–Kier alpha value is -2.52. The molecule has 0 unspecified atom stereocenters. The van der Waals surface area contributed by atoms with E-state index in [0.717, 1.165) is 16.8 Å². The first-order valence-corrected chi connectivity index (χ1v) is 11.0. The molecular weight excluding hydrogens is 398 g/mol. The Kier molecular flexibility index (Phi) is 4.39. The van der Waals surface area contributed by atoms with E-state index in [1.54, 1.807) is 12.1 Å². The molecule has 0 saturated carbocycles. The fourth-order valence-corrected chi connectivity index (χ4v) is 6.53. The molecule has 0 bridgehead atoms. The number of rotatable bonds is 3. The Morgan fingerprint density at radius 1 is 0.964 bits per heavy atom. The number of non-ortho nitro benzene ring substituents is 1. The lowest BCUT2D eigenvalue weighted by Crippen LogP contribution is -2.37. The molecule has 2 saturated heterocycles. The van der Waals surface area contributed by atoms with Crippen LogP contribution in [0, 0.1) is 24.0 Å². The summed E-state index contributed by atoms with van der Waals surface area (Å²) in [5.41, 5.74) is 3.66. The van der Waals surface area contributed by atoms with Gasteiger partial charge in [-0.25, -0.2) is 8.42 Å². The number of nitro groups is 1. The molecule has 2 aromatic carbocycles. The molecule has 0 aliphatic carbocycles. The van der Waals surface area contributed by atoms with Crippen LogP contribution in [0.3, 0.4) is 0 Å². The van der Waals surface area contributed by atoms with E-state index in [9.17, 15) is 18.5 Å². The van der Waals surface area contributed by atoms with Gasteiger partial charge in [0.15, 0.2) is 14.9 Å². The normalized spacial score (nSPS) is 23.1. The van der Waals surface area contributed by atoms with Crippen molar-refractivity contribution >= 4 is 44.2 Å². The van der Waals surface area contributed by atoms with Crippen molar-refractivity contribution in [1.29, 1.82) is 0 Å². The van der Waals surface area contributed by atoms with E-state index in [0.29, 0.717) is 10.8 Å². The van der Waals surface area contributed by atoms with Crippen LogP contribution in [0.15, 0.2) is 42.5 Å². The molecule has 2 aliphatic rings. The Morgan fingerprint density at radius 3 is 1.96 bits per heavy atom. The zero-order valence-corrected chi connectivity index (χ0v) is 17.0. The molecule has 9 heteroatoms. The van der Waals surface area contributed by atoms with E-state index in [1.165, 1.54) is 12.1 Å². The summed E-state index contributed by atoms with van der Waals surface area (Å²) in [5, 5.41) is 11.5. The summed E-state index contributed by atoms with van der Waals surface area (Å²) in [6.07, 6.45) is 0. The molecule has 0 radical (unpaired) electrons. The molecule has 2 aliphatic heterocycles. The van der Waals surface area contributed by atoms with Gasteiger partial charge in [-0.15, -0.1) is 0 Å². The SMILES string of the molecule is Cc1cc(C)cc(N2C(=S)N(c3ccc([N+](=O)[O-])cc3)[C@H]3CS(=O)(=O)C[C@@H]32)c1. The second-order valence-corrected chi connectivity index (χ2v) is 9.87. The van der Waals surface area contributed by atoms with Crippen LogP contribution in [0.1, 0.15) is 11.1 Å². The number of hydrogen-bond donors (Lipinski definition) is 0. The Morgan fingerprint density at radius 2 is 1.46 bits per heavy atom. The van der Waals surface area contributed by atoms with Gasteiger partial charge in [0.25, 0.3) is 5.69 Å². The molecule has 28 heavy (non-hydrogen) atoms. The van der Waals surface area contributed by atoms with Gasteiger partial charge in [-0.2, -0.15) is 0 Å². The number of thiocarbonyl (C=S) groups is 1. The maximum absolute atomic E-state index is 12.4. The van der Waals surface area contributed by atoms with Crippen LogP contribution >= 0.6 is 12.2 Å². The second kappa shape index (κ2) is 6.52. The average molecular weight is 418 g/mol. The first-order chi connectivity index (χ1) is 13.2. The van der Waals surface area contributed by atoms with Gasteiger partial charge in [0.1, 0.15) is 0 Å². The maximum atomic E-state index is 12.4. The van der Waals surface area contributed by atoms with Crippen molar-refractivity contribution in [2.45, 2.75) is 25.9 Å². The minimum absolute atomic E-state index is 0.0100. The number of nitrogens with zero attached hydrogens (tertiary/aromatic N) is 3.